The third kappa shape index (κ3) is 4.95. The van der Waals surface area contributed by atoms with Crippen LogP contribution in [-0.2, 0) is 19.2 Å². The zero-order valence-corrected chi connectivity index (χ0v) is 20.2. The van der Waals surface area contributed by atoms with Crippen LogP contribution >= 0.6 is 34.9 Å². The number of nitrogens with one attached hydrogen (secondary N) is 2. The summed E-state index contributed by atoms with van der Waals surface area (Å²) in [6.07, 6.45) is 4.06. The fourth-order valence-electron chi connectivity index (χ4n) is 3.20. The highest BCUT2D eigenvalue weighted by Gasteiger charge is 2.46. The summed E-state index contributed by atoms with van der Waals surface area (Å²) in [6.45, 7) is 0. The Morgan fingerprint density at radius 3 is 2.82 bits per heavy atom. The van der Waals surface area contributed by atoms with E-state index in [1.165, 1.54) is 22.0 Å². The Kier molecular flexibility index (Phi) is 7.23. The number of rotatable bonds is 7. The summed E-state index contributed by atoms with van der Waals surface area (Å²) in [5.41, 5.74) is 10.9. The summed E-state index contributed by atoms with van der Waals surface area (Å²) in [5.74, 6) is -1.06. The van der Waals surface area contributed by atoms with Gasteiger partial charge in [0.05, 0.1) is 18.8 Å². The van der Waals surface area contributed by atoms with Crippen LogP contribution in [0.5, 0.6) is 0 Å². The van der Waals surface area contributed by atoms with E-state index in [9.17, 15) is 19.6 Å². The molecule has 0 saturated carbocycles. The molecule has 4 rings (SSSR count). The van der Waals surface area contributed by atoms with Gasteiger partial charge in [-0.15, -0.1) is 34.9 Å². The molecule has 1 fully saturated rings. The first-order valence-electron chi connectivity index (χ1n) is 9.83. The molecule has 0 unspecified atom stereocenters. The van der Waals surface area contributed by atoms with Gasteiger partial charge in [0, 0.05) is 33.9 Å². The summed E-state index contributed by atoms with van der Waals surface area (Å²) in [6, 6.07) is 3.85. The normalized spacial score (nSPS) is 17.7. The van der Waals surface area contributed by atoms with E-state index in [1.807, 2.05) is 30.0 Å². The number of pyridine rings is 1. The van der Waals surface area contributed by atoms with E-state index in [-0.39, 0.29) is 27.8 Å². The molecule has 34 heavy (non-hydrogen) atoms. The van der Waals surface area contributed by atoms with Crippen LogP contribution in [0, 0.1) is 0 Å². The zero-order chi connectivity index (χ0) is 24.2. The van der Waals surface area contributed by atoms with Gasteiger partial charge in [0.2, 0.25) is 18.3 Å². The molecule has 2 aliphatic rings. The van der Waals surface area contributed by atoms with Crippen LogP contribution in [0.3, 0.4) is 0 Å². The maximum atomic E-state index is 12.9. The van der Waals surface area contributed by atoms with Gasteiger partial charge in [-0.2, -0.15) is 10.9 Å². The molecular formula is C19H20N7O5S3+. The van der Waals surface area contributed by atoms with Crippen LogP contribution in [0.25, 0.3) is 0 Å². The number of thiazole rings is 1. The Hall–Kier alpha value is -3.30. The highest BCUT2D eigenvalue weighted by atomic mass is 32.2. The number of carbonyl (C=O) groups is 3. The SMILES string of the molecule is CN[n+]1ccc(SCC2=C(C(=O)ONC(=O)/C(=N\O)c3csc(N)n3)N3C(=O)C[C@@H]3SC2)cc1. The molecule has 0 aromatic carbocycles. The first-order chi connectivity index (χ1) is 16.4. The molecule has 2 amide bonds. The van der Waals surface area contributed by atoms with Crippen LogP contribution in [0.2, 0.25) is 0 Å². The molecule has 0 spiro atoms. The lowest BCUT2D eigenvalue weighted by molar-refractivity contribution is -0.647. The molecule has 2 aromatic rings. The van der Waals surface area contributed by atoms with Crippen molar-refractivity contribution >= 4 is 63.5 Å². The van der Waals surface area contributed by atoms with Gasteiger partial charge in [-0.05, 0) is 5.57 Å². The number of oxime groups is 1. The third-order valence-electron chi connectivity index (χ3n) is 4.91. The standard InChI is InChI=1S/C19H19N7O5S3/c1-21-25-4-2-11(3-5-25)32-7-10-8-33-14-6-13(27)26(14)16(10)18(29)31-24-17(28)15(23-30)12-9-34-19(20)22-12/h2-5,9,14,21H,6-8H2,1H3,(H3-,20,22,24,28,30)/p+1/t14-/m0/s1. The van der Waals surface area contributed by atoms with Crippen LogP contribution in [0.4, 0.5) is 5.13 Å². The fourth-order valence-corrected chi connectivity index (χ4v) is 6.04. The maximum absolute atomic E-state index is 12.9. The summed E-state index contributed by atoms with van der Waals surface area (Å²) in [4.78, 5) is 48.8. The largest absolute Gasteiger partial charge is 0.410 e. The molecule has 0 bridgehead atoms. The van der Waals surface area contributed by atoms with E-state index < -0.39 is 17.6 Å². The van der Waals surface area contributed by atoms with E-state index in [0.717, 1.165) is 16.2 Å². The first-order valence-corrected chi connectivity index (χ1v) is 12.7. The Morgan fingerprint density at radius 1 is 1.44 bits per heavy atom. The lowest BCUT2D eigenvalue weighted by atomic mass is 10.1. The van der Waals surface area contributed by atoms with Gasteiger partial charge in [-0.3, -0.25) is 14.5 Å². The number of hydrogen-bond donors (Lipinski definition) is 4. The van der Waals surface area contributed by atoms with Crippen molar-refractivity contribution in [2.24, 2.45) is 5.16 Å². The monoisotopic (exact) mass is 522 g/mol. The summed E-state index contributed by atoms with van der Waals surface area (Å²) in [7, 11) is 1.80. The van der Waals surface area contributed by atoms with Gasteiger partial charge >= 0.3 is 11.9 Å². The molecule has 2 aliphatic heterocycles. The van der Waals surface area contributed by atoms with Gasteiger partial charge < -0.3 is 15.8 Å². The van der Waals surface area contributed by atoms with Crippen LogP contribution in [0.15, 0.2) is 51.2 Å². The van der Waals surface area contributed by atoms with E-state index in [1.54, 1.807) is 23.5 Å². The van der Waals surface area contributed by atoms with Crippen molar-refractivity contribution in [2.45, 2.75) is 16.7 Å². The van der Waals surface area contributed by atoms with E-state index >= 15 is 0 Å². The molecule has 2 aromatic heterocycles. The Morgan fingerprint density at radius 2 is 2.21 bits per heavy atom. The molecule has 15 heteroatoms. The van der Waals surface area contributed by atoms with Crippen molar-refractivity contribution in [3.63, 3.8) is 0 Å². The van der Waals surface area contributed by atoms with E-state index in [2.05, 4.69) is 15.6 Å². The van der Waals surface area contributed by atoms with Crippen LogP contribution in [-0.4, -0.2) is 62.5 Å². The van der Waals surface area contributed by atoms with Crippen molar-refractivity contribution in [3.8, 4) is 0 Å². The number of nitrogen functional groups attached to an aromatic ring is 1. The lowest BCUT2D eigenvalue weighted by Crippen LogP contribution is -2.54. The minimum Gasteiger partial charge on any atom is -0.410 e. The maximum Gasteiger partial charge on any atom is 0.379 e. The van der Waals surface area contributed by atoms with E-state index in [4.69, 9.17) is 10.6 Å². The number of carbonyl (C=O) groups excluding carboxylic acids is 3. The first kappa shape index (κ1) is 23.8. The molecule has 0 aliphatic carbocycles. The van der Waals surface area contributed by atoms with Crippen LogP contribution in [0.1, 0.15) is 12.1 Å². The number of aromatic nitrogens is 2. The molecule has 1 atom stereocenters. The minimum absolute atomic E-state index is 0.0318. The number of fused-ring (bicyclic) bond motifs is 1. The average Bonchev–Trinajstić information content (AvgIpc) is 3.26. The Labute approximate surface area is 206 Å². The number of hydroxylamine groups is 1. The molecule has 1 saturated heterocycles. The molecule has 0 radical (unpaired) electrons. The number of thioether (sulfide) groups is 2. The molecule has 5 N–H and O–H groups in total. The zero-order valence-electron chi connectivity index (χ0n) is 17.8. The predicted octanol–water partition coefficient (Wildman–Crippen LogP) is 0.290. The lowest BCUT2D eigenvalue weighted by Gasteiger charge is -2.44. The summed E-state index contributed by atoms with van der Waals surface area (Å²) in [5, 5.41) is 13.6. The van der Waals surface area contributed by atoms with Crippen molar-refractivity contribution in [1.29, 1.82) is 0 Å². The average molecular weight is 523 g/mol. The molecule has 178 valence electrons. The number of anilines is 1. The van der Waals surface area contributed by atoms with Crippen molar-refractivity contribution in [3.05, 3.63) is 46.9 Å². The third-order valence-corrected chi connectivity index (χ3v) is 7.96. The number of nitrogens with zero attached hydrogens (tertiary/aromatic N) is 4. The molecule has 4 heterocycles. The highest BCUT2D eigenvalue weighted by molar-refractivity contribution is 8.01. The second kappa shape index (κ2) is 10.3. The number of amides is 2. The number of hydrogen-bond acceptors (Lipinski definition) is 12. The quantitative estimate of drug-likeness (QED) is 0.0992. The van der Waals surface area contributed by atoms with Gasteiger partial charge in [-0.25, -0.2) is 9.78 Å². The Bertz CT molecular complexity index is 1180. The second-order valence-corrected chi connectivity index (χ2v) is 10.1. The van der Waals surface area contributed by atoms with Gasteiger partial charge in [-0.1, -0.05) is 9.83 Å². The van der Waals surface area contributed by atoms with Crippen LogP contribution < -0.4 is 21.3 Å². The topological polar surface area (TPSA) is 163 Å². The van der Waals surface area contributed by atoms with E-state index in [0.29, 0.717) is 23.5 Å². The number of β-lactam (4-membered cyclic amide) rings is 1. The summed E-state index contributed by atoms with van der Waals surface area (Å²) < 4.78 is 1.79. The van der Waals surface area contributed by atoms with Crippen molar-refractivity contribution in [1.82, 2.24) is 15.4 Å². The summed E-state index contributed by atoms with van der Waals surface area (Å²) >= 11 is 4.14. The van der Waals surface area contributed by atoms with Crippen molar-refractivity contribution < 1.29 is 29.1 Å². The van der Waals surface area contributed by atoms with Gasteiger partial charge in [0.15, 0.2) is 10.8 Å². The number of nitrogens with two attached hydrogens (primary N) is 1. The second-order valence-electron chi connectivity index (χ2n) is 6.98. The van der Waals surface area contributed by atoms with Crippen molar-refractivity contribution in [2.75, 3.05) is 29.7 Å². The Balaban J connectivity index is 1.47. The molecular weight excluding hydrogens is 502 g/mol. The molecule has 12 nitrogen and oxygen atoms in total. The predicted molar refractivity (Wildman–Crippen MR) is 126 cm³/mol. The van der Waals surface area contributed by atoms with Gasteiger partial charge in [0.25, 0.3) is 0 Å². The minimum atomic E-state index is -0.989. The smallest absolute Gasteiger partial charge is 0.379 e. The fraction of sp³-hybridized carbons (Fsp3) is 0.263. The van der Waals surface area contributed by atoms with Gasteiger partial charge in [0.1, 0.15) is 11.4 Å². The highest BCUT2D eigenvalue weighted by Crippen LogP contribution is 2.41.